The van der Waals surface area contributed by atoms with Gasteiger partial charge >= 0.3 is 0 Å². The first kappa shape index (κ1) is 13.8. The third-order valence-corrected chi connectivity index (χ3v) is 3.42. The Morgan fingerprint density at radius 1 is 1.56 bits per heavy atom. The minimum absolute atomic E-state index is 0.0254. The molecule has 0 aliphatic rings. The lowest BCUT2D eigenvalue weighted by atomic mass is 10.1. The maximum atomic E-state index is 11.6. The van der Waals surface area contributed by atoms with Crippen LogP contribution in [0.4, 0.5) is 5.69 Å². The normalized spacial score (nSPS) is 12.2. The highest BCUT2D eigenvalue weighted by atomic mass is 127. The van der Waals surface area contributed by atoms with Gasteiger partial charge in [0.1, 0.15) is 0 Å². The number of hydrogen-bond donors (Lipinski definition) is 1. The Morgan fingerprint density at radius 3 is 2.81 bits per heavy atom. The highest BCUT2D eigenvalue weighted by Crippen LogP contribution is 2.24. The number of carbonyl (C=O) groups excluding carboxylic acids is 1. The Morgan fingerprint density at radius 2 is 2.25 bits per heavy atom. The summed E-state index contributed by atoms with van der Waals surface area (Å²) in [4.78, 5) is 11.6. The van der Waals surface area contributed by atoms with Crippen molar-refractivity contribution in [3.05, 3.63) is 26.8 Å². The number of carbonyl (C=O) groups is 1. The Labute approximate surface area is 115 Å². The number of nitrogens with one attached hydrogen (secondary N) is 1. The van der Waals surface area contributed by atoms with Gasteiger partial charge in [0.25, 0.3) is 0 Å². The van der Waals surface area contributed by atoms with Crippen LogP contribution in [-0.4, -0.2) is 5.91 Å². The summed E-state index contributed by atoms with van der Waals surface area (Å²) in [7, 11) is 0. The van der Waals surface area contributed by atoms with Crippen molar-refractivity contribution in [3.63, 3.8) is 0 Å². The van der Waals surface area contributed by atoms with E-state index in [0.717, 1.165) is 9.99 Å². The first-order valence-electron chi connectivity index (χ1n) is 5.27. The quantitative estimate of drug-likeness (QED) is 0.804. The molecule has 0 fully saturated rings. The van der Waals surface area contributed by atoms with Crippen LogP contribution in [0.2, 0.25) is 5.02 Å². The lowest BCUT2D eigenvalue weighted by molar-refractivity contribution is -0.117. The van der Waals surface area contributed by atoms with E-state index in [1.54, 1.807) is 0 Å². The van der Waals surface area contributed by atoms with Gasteiger partial charge in [-0.15, -0.1) is 0 Å². The molecule has 0 aliphatic carbocycles. The molecule has 88 valence electrons. The fraction of sp³-hybridized carbons (Fsp3) is 0.417. The standard InChI is InChI=1S/C12H15ClINO/c1-3-8(2)6-12(16)15-11-5-4-9(14)7-10(11)13/h4-5,7-8H,3,6H2,1-2H3,(H,15,16). The molecule has 1 atom stereocenters. The second-order valence-electron chi connectivity index (χ2n) is 3.89. The van der Waals surface area contributed by atoms with Crippen molar-refractivity contribution < 1.29 is 4.79 Å². The summed E-state index contributed by atoms with van der Waals surface area (Å²) >= 11 is 8.21. The summed E-state index contributed by atoms with van der Waals surface area (Å²) in [6.07, 6.45) is 1.55. The zero-order valence-electron chi connectivity index (χ0n) is 9.39. The van der Waals surface area contributed by atoms with E-state index in [4.69, 9.17) is 11.6 Å². The van der Waals surface area contributed by atoms with E-state index in [9.17, 15) is 4.79 Å². The predicted molar refractivity (Wildman–Crippen MR) is 76.9 cm³/mol. The molecule has 1 N–H and O–H groups in total. The van der Waals surface area contributed by atoms with Crippen molar-refractivity contribution in [1.29, 1.82) is 0 Å². The van der Waals surface area contributed by atoms with Crippen LogP contribution >= 0.6 is 34.2 Å². The van der Waals surface area contributed by atoms with Crippen LogP contribution in [-0.2, 0) is 4.79 Å². The highest BCUT2D eigenvalue weighted by molar-refractivity contribution is 14.1. The zero-order valence-corrected chi connectivity index (χ0v) is 12.3. The number of anilines is 1. The number of hydrogen-bond acceptors (Lipinski definition) is 1. The maximum Gasteiger partial charge on any atom is 0.224 e. The predicted octanol–water partition coefficient (Wildman–Crippen LogP) is 4.32. The van der Waals surface area contributed by atoms with E-state index in [-0.39, 0.29) is 5.91 Å². The fourth-order valence-corrected chi connectivity index (χ4v) is 2.16. The van der Waals surface area contributed by atoms with Gasteiger partial charge in [0.15, 0.2) is 0 Å². The molecule has 0 saturated heterocycles. The SMILES string of the molecule is CCC(C)CC(=O)Nc1ccc(I)cc1Cl. The molecule has 1 rings (SSSR count). The highest BCUT2D eigenvalue weighted by Gasteiger charge is 2.09. The Balaban J connectivity index is 2.63. The molecule has 4 heteroatoms. The topological polar surface area (TPSA) is 29.1 Å². The Kier molecular flexibility index (Phi) is 5.55. The molecule has 1 amide bonds. The molecular weight excluding hydrogens is 336 g/mol. The van der Waals surface area contributed by atoms with Gasteiger partial charge in [0, 0.05) is 9.99 Å². The largest absolute Gasteiger partial charge is 0.325 e. The van der Waals surface area contributed by atoms with Gasteiger partial charge < -0.3 is 5.32 Å². The zero-order chi connectivity index (χ0) is 12.1. The van der Waals surface area contributed by atoms with Gasteiger partial charge in [-0.25, -0.2) is 0 Å². The average Bonchev–Trinajstić information content (AvgIpc) is 2.22. The monoisotopic (exact) mass is 351 g/mol. The molecule has 2 nitrogen and oxygen atoms in total. The van der Waals surface area contributed by atoms with Gasteiger partial charge in [-0.1, -0.05) is 31.9 Å². The van der Waals surface area contributed by atoms with Gasteiger partial charge in [0.2, 0.25) is 5.91 Å². The molecule has 0 aliphatic heterocycles. The second-order valence-corrected chi connectivity index (χ2v) is 5.54. The van der Waals surface area contributed by atoms with Gasteiger partial charge in [-0.05, 0) is 46.7 Å². The number of rotatable bonds is 4. The third kappa shape index (κ3) is 4.29. The molecule has 0 spiro atoms. The van der Waals surface area contributed by atoms with Crippen LogP contribution in [0.3, 0.4) is 0 Å². The van der Waals surface area contributed by atoms with Crippen LogP contribution in [0.5, 0.6) is 0 Å². The fourth-order valence-electron chi connectivity index (χ4n) is 1.25. The molecular formula is C12H15ClINO. The van der Waals surface area contributed by atoms with Crippen LogP contribution in [0.15, 0.2) is 18.2 Å². The summed E-state index contributed by atoms with van der Waals surface area (Å²) in [5.74, 6) is 0.431. The lowest BCUT2D eigenvalue weighted by Gasteiger charge is -2.10. The maximum absolute atomic E-state index is 11.6. The molecule has 0 bridgehead atoms. The molecule has 0 heterocycles. The van der Waals surface area contributed by atoms with E-state index in [1.807, 2.05) is 18.2 Å². The van der Waals surface area contributed by atoms with E-state index in [2.05, 4.69) is 41.8 Å². The van der Waals surface area contributed by atoms with Gasteiger partial charge in [-0.3, -0.25) is 4.79 Å². The molecule has 1 aromatic rings. The summed E-state index contributed by atoms with van der Waals surface area (Å²) in [6.45, 7) is 4.14. The summed E-state index contributed by atoms with van der Waals surface area (Å²) in [5.41, 5.74) is 0.690. The van der Waals surface area contributed by atoms with E-state index in [0.29, 0.717) is 23.0 Å². The third-order valence-electron chi connectivity index (χ3n) is 2.44. The number of amides is 1. The van der Waals surface area contributed by atoms with Crippen molar-refractivity contribution in [2.75, 3.05) is 5.32 Å². The van der Waals surface area contributed by atoms with E-state index >= 15 is 0 Å². The van der Waals surface area contributed by atoms with Crippen LogP contribution < -0.4 is 5.32 Å². The van der Waals surface area contributed by atoms with Crippen molar-refractivity contribution in [2.45, 2.75) is 26.7 Å². The molecule has 16 heavy (non-hydrogen) atoms. The first-order chi connectivity index (χ1) is 7.52. The summed E-state index contributed by atoms with van der Waals surface area (Å²) < 4.78 is 1.06. The van der Waals surface area contributed by atoms with E-state index in [1.165, 1.54) is 0 Å². The van der Waals surface area contributed by atoms with Gasteiger partial charge in [0.05, 0.1) is 10.7 Å². The number of halogens is 2. The minimum atomic E-state index is 0.0254. The van der Waals surface area contributed by atoms with Gasteiger partial charge in [-0.2, -0.15) is 0 Å². The van der Waals surface area contributed by atoms with Crippen molar-refractivity contribution in [3.8, 4) is 0 Å². The van der Waals surface area contributed by atoms with Crippen LogP contribution in [0.25, 0.3) is 0 Å². The van der Waals surface area contributed by atoms with Crippen LogP contribution in [0, 0.1) is 9.49 Å². The second kappa shape index (κ2) is 6.45. The Hall–Kier alpha value is -0.290. The first-order valence-corrected chi connectivity index (χ1v) is 6.73. The average molecular weight is 352 g/mol. The lowest BCUT2D eigenvalue weighted by Crippen LogP contribution is -2.15. The molecule has 1 aromatic carbocycles. The molecule has 0 saturated carbocycles. The summed E-state index contributed by atoms with van der Waals surface area (Å²) in [6, 6.07) is 5.59. The molecule has 0 aromatic heterocycles. The minimum Gasteiger partial charge on any atom is -0.325 e. The van der Waals surface area contributed by atoms with Crippen molar-refractivity contribution in [2.24, 2.45) is 5.92 Å². The van der Waals surface area contributed by atoms with Crippen molar-refractivity contribution in [1.82, 2.24) is 0 Å². The smallest absolute Gasteiger partial charge is 0.224 e. The number of benzene rings is 1. The van der Waals surface area contributed by atoms with Crippen molar-refractivity contribution >= 4 is 45.8 Å². The molecule has 1 unspecified atom stereocenters. The Bertz CT molecular complexity index is 381. The van der Waals surface area contributed by atoms with Crippen LogP contribution in [0.1, 0.15) is 26.7 Å². The molecule has 0 radical (unpaired) electrons. The summed E-state index contributed by atoms with van der Waals surface area (Å²) in [5, 5.41) is 3.42. The van der Waals surface area contributed by atoms with E-state index < -0.39 is 0 Å².